The molecular formula is C15H22N2. The summed E-state index contributed by atoms with van der Waals surface area (Å²) in [7, 11) is 0. The SMILES string of the molecule is CC1(CNC2CCc3cccnc32)CCCC1. The van der Waals surface area contributed by atoms with E-state index in [9.17, 15) is 0 Å². The van der Waals surface area contributed by atoms with E-state index in [1.54, 1.807) is 0 Å². The largest absolute Gasteiger partial charge is 0.308 e. The average molecular weight is 230 g/mol. The number of nitrogens with one attached hydrogen (secondary N) is 1. The zero-order valence-corrected chi connectivity index (χ0v) is 10.7. The molecule has 1 N–H and O–H groups in total. The van der Waals surface area contributed by atoms with Gasteiger partial charge >= 0.3 is 0 Å². The number of hydrogen-bond donors (Lipinski definition) is 1. The van der Waals surface area contributed by atoms with Crippen molar-refractivity contribution in [3.05, 3.63) is 29.6 Å². The van der Waals surface area contributed by atoms with Gasteiger partial charge in [-0.15, -0.1) is 0 Å². The molecule has 0 saturated heterocycles. The summed E-state index contributed by atoms with van der Waals surface area (Å²) in [6.45, 7) is 3.59. The van der Waals surface area contributed by atoms with E-state index in [4.69, 9.17) is 0 Å². The number of aromatic nitrogens is 1. The van der Waals surface area contributed by atoms with Crippen LogP contribution < -0.4 is 5.32 Å². The van der Waals surface area contributed by atoms with Crippen LogP contribution in [0.3, 0.4) is 0 Å². The molecule has 0 aromatic carbocycles. The molecule has 1 unspecified atom stereocenters. The molecule has 1 atom stereocenters. The highest BCUT2D eigenvalue weighted by Crippen LogP contribution is 2.38. The fourth-order valence-corrected chi connectivity index (χ4v) is 3.39. The quantitative estimate of drug-likeness (QED) is 0.862. The van der Waals surface area contributed by atoms with Gasteiger partial charge in [0.1, 0.15) is 0 Å². The first-order chi connectivity index (χ1) is 8.27. The molecule has 0 radical (unpaired) electrons. The Hall–Kier alpha value is -0.890. The fourth-order valence-electron chi connectivity index (χ4n) is 3.39. The molecule has 3 rings (SSSR count). The van der Waals surface area contributed by atoms with Crippen molar-refractivity contribution in [2.45, 2.75) is 51.5 Å². The van der Waals surface area contributed by atoms with Crippen LogP contribution in [0.2, 0.25) is 0 Å². The Bertz CT molecular complexity index is 394. The first kappa shape index (κ1) is 11.2. The van der Waals surface area contributed by atoms with Crippen LogP contribution in [0.4, 0.5) is 0 Å². The second kappa shape index (κ2) is 4.41. The third-order valence-electron chi connectivity index (χ3n) is 4.54. The first-order valence-corrected chi connectivity index (χ1v) is 6.94. The number of nitrogens with zero attached hydrogens (tertiary/aromatic N) is 1. The van der Waals surface area contributed by atoms with Crippen LogP contribution in [-0.4, -0.2) is 11.5 Å². The number of hydrogen-bond acceptors (Lipinski definition) is 2. The Kier molecular flexibility index (Phi) is 2.91. The number of rotatable bonds is 3. The molecule has 17 heavy (non-hydrogen) atoms. The van der Waals surface area contributed by atoms with Crippen molar-refractivity contribution >= 4 is 0 Å². The molecule has 0 aliphatic heterocycles. The maximum Gasteiger partial charge on any atom is 0.0605 e. The lowest BCUT2D eigenvalue weighted by atomic mass is 9.88. The van der Waals surface area contributed by atoms with E-state index in [1.807, 2.05) is 6.20 Å². The molecule has 1 saturated carbocycles. The molecule has 1 fully saturated rings. The molecule has 1 aromatic heterocycles. The summed E-state index contributed by atoms with van der Waals surface area (Å²) in [6.07, 6.45) is 9.95. The van der Waals surface area contributed by atoms with Gasteiger partial charge in [0.2, 0.25) is 0 Å². The van der Waals surface area contributed by atoms with E-state index < -0.39 is 0 Å². The highest BCUT2D eigenvalue weighted by Gasteiger charge is 2.31. The predicted molar refractivity (Wildman–Crippen MR) is 69.9 cm³/mol. The van der Waals surface area contributed by atoms with Crippen LogP contribution in [-0.2, 0) is 6.42 Å². The van der Waals surface area contributed by atoms with Crippen molar-refractivity contribution < 1.29 is 0 Å². The third-order valence-corrected chi connectivity index (χ3v) is 4.54. The van der Waals surface area contributed by atoms with Gasteiger partial charge in [-0.05, 0) is 42.7 Å². The Labute approximate surface area is 104 Å². The van der Waals surface area contributed by atoms with Gasteiger partial charge in [-0.1, -0.05) is 25.8 Å². The topological polar surface area (TPSA) is 24.9 Å². The minimum atomic E-state index is 0.503. The number of fused-ring (bicyclic) bond motifs is 1. The Morgan fingerprint density at radius 2 is 2.24 bits per heavy atom. The van der Waals surface area contributed by atoms with Crippen LogP contribution in [0.1, 0.15) is 56.3 Å². The van der Waals surface area contributed by atoms with Crippen molar-refractivity contribution in [3.8, 4) is 0 Å². The highest BCUT2D eigenvalue weighted by molar-refractivity contribution is 5.27. The van der Waals surface area contributed by atoms with E-state index in [2.05, 4.69) is 29.4 Å². The molecule has 2 heteroatoms. The summed E-state index contributed by atoms with van der Waals surface area (Å²) < 4.78 is 0. The molecule has 0 spiro atoms. The summed E-state index contributed by atoms with van der Waals surface area (Å²) in [4.78, 5) is 4.55. The van der Waals surface area contributed by atoms with Crippen molar-refractivity contribution in [1.82, 2.24) is 10.3 Å². The molecule has 0 bridgehead atoms. The van der Waals surface area contributed by atoms with Crippen LogP contribution in [0.5, 0.6) is 0 Å². The van der Waals surface area contributed by atoms with Crippen LogP contribution in [0, 0.1) is 5.41 Å². The number of pyridine rings is 1. The van der Waals surface area contributed by atoms with E-state index in [0.29, 0.717) is 11.5 Å². The Morgan fingerprint density at radius 3 is 3.06 bits per heavy atom. The van der Waals surface area contributed by atoms with E-state index in [0.717, 1.165) is 6.54 Å². The van der Waals surface area contributed by atoms with Gasteiger partial charge in [-0.3, -0.25) is 4.98 Å². The highest BCUT2D eigenvalue weighted by atomic mass is 15.0. The predicted octanol–water partition coefficient (Wildman–Crippen LogP) is 3.24. The zero-order chi connectivity index (χ0) is 11.7. The van der Waals surface area contributed by atoms with Crippen LogP contribution in [0.25, 0.3) is 0 Å². The summed E-state index contributed by atoms with van der Waals surface area (Å²) in [5.41, 5.74) is 3.29. The van der Waals surface area contributed by atoms with Crippen molar-refractivity contribution in [2.75, 3.05) is 6.54 Å². The lowest BCUT2D eigenvalue weighted by Crippen LogP contribution is -2.32. The van der Waals surface area contributed by atoms with Gasteiger partial charge in [-0.25, -0.2) is 0 Å². The van der Waals surface area contributed by atoms with Crippen molar-refractivity contribution in [1.29, 1.82) is 0 Å². The minimum absolute atomic E-state index is 0.503. The second-order valence-corrected chi connectivity index (χ2v) is 6.04. The molecule has 1 heterocycles. The summed E-state index contributed by atoms with van der Waals surface area (Å²) >= 11 is 0. The zero-order valence-electron chi connectivity index (χ0n) is 10.7. The molecule has 92 valence electrons. The molecule has 2 aliphatic carbocycles. The normalized spacial score (nSPS) is 26.1. The Balaban J connectivity index is 1.64. The second-order valence-electron chi connectivity index (χ2n) is 6.04. The van der Waals surface area contributed by atoms with E-state index in [1.165, 1.54) is 49.8 Å². The van der Waals surface area contributed by atoms with Gasteiger partial charge in [0, 0.05) is 12.7 Å². The van der Waals surface area contributed by atoms with Crippen molar-refractivity contribution in [2.24, 2.45) is 5.41 Å². The number of aryl methyl sites for hydroxylation is 1. The van der Waals surface area contributed by atoms with E-state index in [-0.39, 0.29) is 0 Å². The minimum Gasteiger partial charge on any atom is -0.308 e. The van der Waals surface area contributed by atoms with Crippen molar-refractivity contribution in [3.63, 3.8) is 0 Å². The lowest BCUT2D eigenvalue weighted by Gasteiger charge is -2.26. The smallest absolute Gasteiger partial charge is 0.0605 e. The molecule has 2 nitrogen and oxygen atoms in total. The maximum absolute atomic E-state index is 4.55. The lowest BCUT2D eigenvalue weighted by molar-refractivity contribution is 0.296. The van der Waals surface area contributed by atoms with Gasteiger partial charge < -0.3 is 5.32 Å². The summed E-state index contributed by atoms with van der Waals surface area (Å²) in [6, 6.07) is 4.78. The Morgan fingerprint density at radius 1 is 1.41 bits per heavy atom. The molecule has 0 amide bonds. The fraction of sp³-hybridized carbons (Fsp3) is 0.667. The summed E-state index contributed by atoms with van der Waals surface area (Å²) in [5.74, 6) is 0. The van der Waals surface area contributed by atoms with Gasteiger partial charge in [0.25, 0.3) is 0 Å². The molecule has 2 aliphatic rings. The van der Waals surface area contributed by atoms with Crippen LogP contribution >= 0.6 is 0 Å². The summed E-state index contributed by atoms with van der Waals surface area (Å²) in [5, 5.41) is 3.76. The van der Waals surface area contributed by atoms with Gasteiger partial charge in [-0.2, -0.15) is 0 Å². The third kappa shape index (κ3) is 2.23. The van der Waals surface area contributed by atoms with E-state index >= 15 is 0 Å². The monoisotopic (exact) mass is 230 g/mol. The standard InChI is InChI=1S/C15H22N2/c1-15(8-2-3-9-15)11-17-13-7-6-12-5-4-10-16-14(12)13/h4-5,10,13,17H,2-3,6-9,11H2,1H3. The average Bonchev–Trinajstić information content (AvgIpc) is 2.94. The maximum atomic E-state index is 4.55. The van der Waals surface area contributed by atoms with Gasteiger partial charge in [0.15, 0.2) is 0 Å². The molecular weight excluding hydrogens is 208 g/mol. The first-order valence-electron chi connectivity index (χ1n) is 6.94. The van der Waals surface area contributed by atoms with Crippen LogP contribution in [0.15, 0.2) is 18.3 Å². The molecule has 1 aromatic rings. The van der Waals surface area contributed by atoms with Gasteiger partial charge in [0.05, 0.1) is 11.7 Å².